The second-order valence-electron chi connectivity index (χ2n) is 5.72. The number of nitrogens with two attached hydrogens (primary N) is 1. The average molecular weight is 273 g/mol. The van der Waals surface area contributed by atoms with Crippen LogP contribution in [0.4, 0.5) is 5.82 Å². The molecule has 0 aromatic carbocycles. The molecule has 0 saturated heterocycles. The molecule has 5 heteroatoms. The Morgan fingerprint density at radius 3 is 2.80 bits per heavy atom. The number of hydrogen-bond donors (Lipinski definition) is 1. The van der Waals surface area contributed by atoms with Gasteiger partial charge in [0.1, 0.15) is 17.3 Å². The van der Waals surface area contributed by atoms with E-state index in [0.717, 1.165) is 36.0 Å². The molecule has 0 aliphatic heterocycles. The molecule has 1 aliphatic carbocycles. The van der Waals surface area contributed by atoms with Gasteiger partial charge in [0.05, 0.1) is 18.2 Å². The maximum absolute atomic E-state index is 6.29. The first-order valence-corrected chi connectivity index (χ1v) is 7.55. The Bertz CT molecular complexity index is 589. The summed E-state index contributed by atoms with van der Waals surface area (Å²) < 4.78 is 4.20. The van der Waals surface area contributed by atoms with Crippen LogP contribution >= 0.6 is 0 Å². The van der Waals surface area contributed by atoms with Gasteiger partial charge in [-0.3, -0.25) is 0 Å². The SMILES string of the molecule is CCCn1cncc1-c1nc(C2CCCC2)n(C)c1N. The number of aryl methyl sites for hydroxylation is 1. The van der Waals surface area contributed by atoms with Crippen LogP contribution in [0.2, 0.25) is 0 Å². The molecule has 0 atom stereocenters. The van der Waals surface area contributed by atoms with E-state index in [4.69, 9.17) is 10.7 Å². The van der Waals surface area contributed by atoms with Crippen molar-refractivity contribution in [2.75, 3.05) is 5.73 Å². The second-order valence-corrected chi connectivity index (χ2v) is 5.72. The van der Waals surface area contributed by atoms with Gasteiger partial charge in [-0.15, -0.1) is 0 Å². The van der Waals surface area contributed by atoms with E-state index in [1.165, 1.54) is 25.7 Å². The van der Waals surface area contributed by atoms with Crippen molar-refractivity contribution in [3.63, 3.8) is 0 Å². The summed E-state index contributed by atoms with van der Waals surface area (Å²) in [5, 5.41) is 0. The van der Waals surface area contributed by atoms with E-state index in [1.807, 2.05) is 19.6 Å². The highest BCUT2D eigenvalue weighted by Crippen LogP contribution is 2.36. The van der Waals surface area contributed by atoms with E-state index >= 15 is 0 Å². The molecule has 108 valence electrons. The van der Waals surface area contributed by atoms with E-state index in [9.17, 15) is 0 Å². The molecule has 1 aliphatic rings. The van der Waals surface area contributed by atoms with Crippen molar-refractivity contribution >= 4 is 5.82 Å². The first-order valence-electron chi connectivity index (χ1n) is 7.55. The summed E-state index contributed by atoms with van der Waals surface area (Å²) in [6, 6.07) is 0. The first kappa shape index (κ1) is 13.2. The van der Waals surface area contributed by atoms with Gasteiger partial charge in [-0.25, -0.2) is 9.97 Å². The molecule has 0 bridgehead atoms. The molecule has 2 heterocycles. The molecule has 1 saturated carbocycles. The molecule has 5 nitrogen and oxygen atoms in total. The van der Waals surface area contributed by atoms with Crippen molar-refractivity contribution in [1.82, 2.24) is 19.1 Å². The van der Waals surface area contributed by atoms with Gasteiger partial charge < -0.3 is 14.9 Å². The maximum Gasteiger partial charge on any atom is 0.133 e. The first-order chi connectivity index (χ1) is 9.72. The fourth-order valence-corrected chi connectivity index (χ4v) is 3.20. The van der Waals surface area contributed by atoms with Crippen molar-refractivity contribution < 1.29 is 0 Å². The summed E-state index contributed by atoms with van der Waals surface area (Å²) in [5.41, 5.74) is 8.21. The number of rotatable bonds is 4. The predicted molar refractivity (Wildman–Crippen MR) is 80.3 cm³/mol. The van der Waals surface area contributed by atoms with E-state index in [1.54, 1.807) is 0 Å². The van der Waals surface area contributed by atoms with Crippen LogP contribution in [0.5, 0.6) is 0 Å². The summed E-state index contributed by atoms with van der Waals surface area (Å²) in [6.45, 7) is 3.11. The van der Waals surface area contributed by atoms with Gasteiger partial charge in [0.15, 0.2) is 0 Å². The Labute approximate surface area is 119 Å². The lowest BCUT2D eigenvalue weighted by atomic mass is 10.1. The fraction of sp³-hybridized carbons (Fsp3) is 0.600. The number of nitrogens with zero attached hydrogens (tertiary/aromatic N) is 4. The van der Waals surface area contributed by atoms with Gasteiger partial charge in [-0.1, -0.05) is 19.8 Å². The standard InChI is InChI=1S/C15H23N5/c1-3-8-20-10-17-9-12(20)13-14(16)19(2)15(18-13)11-6-4-5-7-11/h9-11H,3-8,16H2,1-2H3. The summed E-state index contributed by atoms with van der Waals surface area (Å²) in [4.78, 5) is 9.11. The average Bonchev–Trinajstić information content (AvgIpc) is 3.14. The maximum atomic E-state index is 6.29. The third-order valence-electron chi connectivity index (χ3n) is 4.31. The zero-order valence-electron chi connectivity index (χ0n) is 12.3. The van der Waals surface area contributed by atoms with Crippen LogP contribution in [-0.2, 0) is 13.6 Å². The quantitative estimate of drug-likeness (QED) is 0.931. The second kappa shape index (κ2) is 5.31. The Hall–Kier alpha value is -1.78. The molecular weight excluding hydrogens is 250 g/mol. The van der Waals surface area contributed by atoms with Crippen LogP contribution in [0.1, 0.15) is 50.8 Å². The highest BCUT2D eigenvalue weighted by molar-refractivity contribution is 5.68. The molecule has 0 radical (unpaired) electrons. The molecular formula is C15H23N5. The zero-order valence-corrected chi connectivity index (χ0v) is 12.3. The number of aromatic nitrogens is 4. The van der Waals surface area contributed by atoms with Gasteiger partial charge in [-0.05, 0) is 19.3 Å². The normalized spacial score (nSPS) is 16.1. The van der Waals surface area contributed by atoms with Crippen LogP contribution in [0.15, 0.2) is 12.5 Å². The van der Waals surface area contributed by atoms with Crippen molar-refractivity contribution in [3.8, 4) is 11.4 Å². The third kappa shape index (κ3) is 2.11. The highest BCUT2D eigenvalue weighted by Gasteiger charge is 2.25. The number of nitrogen functional groups attached to an aromatic ring is 1. The van der Waals surface area contributed by atoms with Gasteiger partial charge in [0, 0.05) is 19.5 Å². The van der Waals surface area contributed by atoms with E-state index in [-0.39, 0.29) is 0 Å². The fourth-order valence-electron chi connectivity index (χ4n) is 3.20. The monoisotopic (exact) mass is 273 g/mol. The van der Waals surface area contributed by atoms with Gasteiger partial charge in [0.25, 0.3) is 0 Å². The summed E-state index contributed by atoms with van der Waals surface area (Å²) in [5.74, 6) is 2.46. The number of anilines is 1. The predicted octanol–water partition coefficient (Wildman–Crippen LogP) is 2.93. The largest absolute Gasteiger partial charge is 0.383 e. The zero-order chi connectivity index (χ0) is 14.1. The lowest BCUT2D eigenvalue weighted by molar-refractivity contribution is 0.635. The minimum Gasteiger partial charge on any atom is -0.383 e. The highest BCUT2D eigenvalue weighted by atomic mass is 15.2. The van der Waals surface area contributed by atoms with Crippen LogP contribution < -0.4 is 5.73 Å². The minimum absolute atomic E-state index is 0.568. The molecule has 2 aromatic rings. The van der Waals surface area contributed by atoms with Crippen LogP contribution in [0, 0.1) is 0 Å². The van der Waals surface area contributed by atoms with E-state index in [2.05, 4.69) is 21.0 Å². The van der Waals surface area contributed by atoms with Crippen LogP contribution in [-0.4, -0.2) is 19.1 Å². The van der Waals surface area contributed by atoms with Crippen molar-refractivity contribution in [2.24, 2.45) is 7.05 Å². The van der Waals surface area contributed by atoms with Gasteiger partial charge >= 0.3 is 0 Å². The molecule has 3 rings (SSSR count). The lowest BCUT2D eigenvalue weighted by Crippen LogP contribution is -2.05. The van der Waals surface area contributed by atoms with Crippen LogP contribution in [0.25, 0.3) is 11.4 Å². The molecule has 0 amide bonds. The molecule has 20 heavy (non-hydrogen) atoms. The number of imidazole rings is 2. The lowest BCUT2D eigenvalue weighted by Gasteiger charge is -2.08. The van der Waals surface area contributed by atoms with Crippen molar-refractivity contribution in [3.05, 3.63) is 18.3 Å². The van der Waals surface area contributed by atoms with E-state index in [0.29, 0.717) is 5.92 Å². The van der Waals surface area contributed by atoms with Crippen molar-refractivity contribution in [2.45, 2.75) is 51.5 Å². The number of hydrogen-bond acceptors (Lipinski definition) is 3. The Kier molecular flexibility index (Phi) is 3.51. The summed E-state index contributed by atoms with van der Waals surface area (Å²) >= 11 is 0. The Balaban J connectivity index is 2.01. The molecule has 0 spiro atoms. The van der Waals surface area contributed by atoms with Gasteiger partial charge in [-0.2, -0.15) is 0 Å². The minimum atomic E-state index is 0.568. The molecule has 1 fully saturated rings. The Morgan fingerprint density at radius 1 is 1.35 bits per heavy atom. The molecule has 2 aromatic heterocycles. The molecule has 2 N–H and O–H groups in total. The van der Waals surface area contributed by atoms with Crippen LogP contribution in [0.3, 0.4) is 0 Å². The summed E-state index contributed by atoms with van der Waals surface area (Å²) in [7, 11) is 2.03. The smallest absolute Gasteiger partial charge is 0.133 e. The third-order valence-corrected chi connectivity index (χ3v) is 4.31. The van der Waals surface area contributed by atoms with Gasteiger partial charge in [0.2, 0.25) is 0 Å². The van der Waals surface area contributed by atoms with E-state index < -0.39 is 0 Å². The molecule has 0 unspecified atom stereocenters. The van der Waals surface area contributed by atoms with Crippen molar-refractivity contribution in [1.29, 1.82) is 0 Å². The Morgan fingerprint density at radius 2 is 2.10 bits per heavy atom. The summed E-state index contributed by atoms with van der Waals surface area (Å²) in [6.07, 6.45) is 9.89. The topological polar surface area (TPSA) is 61.7 Å².